The maximum atomic E-state index is 12.0. The van der Waals surface area contributed by atoms with Crippen LogP contribution >= 0.6 is 15.9 Å². The number of methoxy groups -OCH3 is 1. The first kappa shape index (κ1) is 13.4. The number of ether oxygens (including phenoxy) is 1. The van der Waals surface area contributed by atoms with Crippen molar-refractivity contribution in [3.05, 3.63) is 28.7 Å². The number of nitrogens with zero attached hydrogens (tertiary/aromatic N) is 1. The third-order valence-electron chi connectivity index (χ3n) is 3.42. The number of carbonyl (C=O) groups is 1. The summed E-state index contributed by atoms with van der Waals surface area (Å²) in [4.78, 5) is 13.8. The van der Waals surface area contributed by atoms with Crippen LogP contribution < -0.4 is 4.90 Å². The van der Waals surface area contributed by atoms with Crippen molar-refractivity contribution in [1.29, 1.82) is 0 Å². The molecule has 0 aromatic heterocycles. The minimum absolute atomic E-state index is 0.255. The number of hydrogen-bond acceptors (Lipinski definition) is 2. The van der Waals surface area contributed by atoms with Gasteiger partial charge in [0.15, 0.2) is 0 Å². The van der Waals surface area contributed by atoms with E-state index in [2.05, 4.69) is 15.9 Å². The molecule has 1 aromatic carbocycles. The Bertz CT molecular complexity index is 416. The Morgan fingerprint density at radius 2 is 1.94 bits per heavy atom. The summed E-state index contributed by atoms with van der Waals surface area (Å²) in [6.07, 6.45) is 5.47. The van der Waals surface area contributed by atoms with Gasteiger partial charge in [-0.2, -0.15) is 0 Å². The van der Waals surface area contributed by atoms with Crippen molar-refractivity contribution in [3.63, 3.8) is 0 Å². The molecule has 3 nitrogen and oxygen atoms in total. The zero-order valence-electron chi connectivity index (χ0n) is 10.6. The van der Waals surface area contributed by atoms with Crippen molar-refractivity contribution in [1.82, 2.24) is 0 Å². The summed E-state index contributed by atoms with van der Waals surface area (Å²) < 4.78 is 5.87. The van der Waals surface area contributed by atoms with Gasteiger partial charge in [-0.1, -0.05) is 31.4 Å². The van der Waals surface area contributed by atoms with E-state index in [1.54, 1.807) is 4.90 Å². The fourth-order valence-electron chi connectivity index (χ4n) is 2.53. The second kappa shape index (κ2) is 6.23. The van der Waals surface area contributed by atoms with Crippen molar-refractivity contribution in [2.24, 2.45) is 0 Å². The second-order valence-electron chi connectivity index (χ2n) is 4.58. The monoisotopic (exact) mass is 311 g/mol. The molecular weight excluding hydrogens is 294 g/mol. The van der Waals surface area contributed by atoms with E-state index in [1.807, 2.05) is 24.3 Å². The average molecular weight is 312 g/mol. The molecule has 0 atom stereocenters. The van der Waals surface area contributed by atoms with Gasteiger partial charge in [-0.3, -0.25) is 4.90 Å². The van der Waals surface area contributed by atoms with Crippen molar-refractivity contribution < 1.29 is 9.53 Å². The van der Waals surface area contributed by atoms with Gasteiger partial charge in [0.05, 0.1) is 12.8 Å². The van der Waals surface area contributed by atoms with Crippen molar-refractivity contribution in [2.45, 2.75) is 38.1 Å². The fraction of sp³-hybridized carbons (Fsp3) is 0.500. The van der Waals surface area contributed by atoms with Gasteiger partial charge < -0.3 is 4.74 Å². The molecular formula is C14H18BrNO2. The van der Waals surface area contributed by atoms with Crippen LogP contribution in [0.5, 0.6) is 0 Å². The molecule has 4 heteroatoms. The van der Waals surface area contributed by atoms with E-state index in [1.165, 1.54) is 26.4 Å². The van der Waals surface area contributed by atoms with Crippen LogP contribution in [-0.2, 0) is 4.74 Å². The van der Waals surface area contributed by atoms with Crippen LogP contribution in [-0.4, -0.2) is 19.2 Å². The van der Waals surface area contributed by atoms with Gasteiger partial charge in [0.25, 0.3) is 0 Å². The molecule has 2 rings (SSSR count). The molecule has 1 aliphatic rings. The lowest BCUT2D eigenvalue weighted by molar-refractivity contribution is 0.173. The van der Waals surface area contributed by atoms with Crippen LogP contribution in [0.2, 0.25) is 0 Å². The molecule has 0 spiro atoms. The summed E-state index contributed by atoms with van der Waals surface area (Å²) in [5.74, 6) is 0. The maximum absolute atomic E-state index is 12.0. The lowest BCUT2D eigenvalue weighted by atomic mass is 9.94. The third-order valence-corrected chi connectivity index (χ3v) is 4.09. The maximum Gasteiger partial charge on any atom is 0.414 e. The Kier molecular flexibility index (Phi) is 4.64. The van der Waals surface area contributed by atoms with E-state index < -0.39 is 0 Å². The SMILES string of the molecule is COC(=O)N(c1ccccc1Br)C1CCCCC1. The van der Waals surface area contributed by atoms with E-state index >= 15 is 0 Å². The number of carbonyl (C=O) groups excluding carboxylic acids is 1. The van der Waals surface area contributed by atoms with Crippen molar-refractivity contribution in [3.8, 4) is 0 Å². The van der Waals surface area contributed by atoms with Gasteiger partial charge in [0.2, 0.25) is 0 Å². The molecule has 1 aromatic rings. The van der Waals surface area contributed by atoms with Crippen LogP contribution in [0.15, 0.2) is 28.7 Å². The van der Waals surface area contributed by atoms with Gasteiger partial charge >= 0.3 is 6.09 Å². The topological polar surface area (TPSA) is 29.5 Å². The largest absolute Gasteiger partial charge is 0.452 e. The van der Waals surface area contributed by atoms with Gasteiger partial charge in [-0.25, -0.2) is 4.79 Å². The summed E-state index contributed by atoms with van der Waals surface area (Å²) in [6, 6.07) is 8.05. The van der Waals surface area contributed by atoms with Gasteiger partial charge in [0, 0.05) is 10.5 Å². The average Bonchev–Trinajstić information content (AvgIpc) is 2.42. The van der Waals surface area contributed by atoms with Crippen LogP contribution in [0.3, 0.4) is 0 Å². The highest BCUT2D eigenvalue weighted by molar-refractivity contribution is 9.10. The number of benzene rings is 1. The normalized spacial score (nSPS) is 16.3. The van der Waals surface area contributed by atoms with Crippen LogP contribution in [0.1, 0.15) is 32.1 Å². The van der Waals surface area contributed by atoms with E-state index in [-0.39, 0.29) is 12.1 Å². The summed E-state index contributed by atoms with van der Waals surface area (Å²) in [5, 5.41) is 0. The molecule has 0 saturated heterocycles. The van der Waals surface area contributed by atoms with Gasteiger partial charge in [-0.05, 0) is 40.9 Å². The highest BCUT2D eigenvalue weighted by Crippen LogP contribution is 2.32. The molecule has 1 aliphatic carbocycles. The molecule has 1 fully saturated rings. The summed E-state index contributed by atoms with van der Waals surface area (Å²) in [7, 11) is 1.44. The molecule has 0 radical (unpaired) electrons. The Hall–Kier alpha value is -1.03. The molecule has 0 N–H and O–H groups in total. The highest BCUT2D eigenvalue weighted by atomic mass is 79.9. The number of para-hydroxylation sites is 1. The Labute approximate surface area is 116 Å². The first-order valence-electron chi connectivity index (χ1n) is 6.35. The zero-order chi connectivity index (χ0) is 13.0. The van der Waals surface area contributed by atoms with Crippen LogP contribution in [0.25, 0.3) is 0 Å². The minimum atomic E-state index is -0.270. The molecule has 18 heavy (non-hydrogen) atoms. The highest BCUT2D eigenvalue weighted by Gasteiger charge is 2.28. The second-order valence-corrected chi connectivity index (χ2v) is 5.44. The number of halogens is 1. The predicted octanol–water partition coefficient (Wildman–Crippen LogP) is 4.35. The predicted molar refractivity (Wildman–Crippen MR) is 75.9 cm³/mol. The number of rotatable bonds is 2. The van der Waals surface area contributed by atoms with Crippen LogP contribution in [0.4, 0.5) is 10.5 Å². The van der Waals surface area contributed by atoms with Crippen molar-refractivity contribution in [2.75, 3.05) is 12.0 Å². The smallest absolute Gasteiger partial charge is 0.414 e. The molecule has 0 heterocycles. The Morgan fingerprint density at radius 3 is 2.56 bits per heavy atom. The quantitative estimate of drug-likeness (QED) is 0.812. The first-order valence-corrected chi connectivity index (χ1v) is 7.15. The fourth-order valence-corrected chi connectivity index (χ4v) is 3.00. The summed E-state index contributed by atoms with van der Waals surface area (Å²) in [6.45, 7) is 0. The van der Waals surface area contributed by atoms with Crippen molar-refractivity contribution >= 4 is 27.7 Å². The van der Waals surface area contributed by atoms with Crippen LogP contribution in [0, 0.1) is 0 Å². The Balaban J connectivity index is 2.30. The van der Waals surface area contributed by atoms with E-state index in [0.717, 1.165) is 23.0 Å². The lowest BCUT2D eigenvalue weighted by Crippen LogP contribution is -2.41. The summed E-state index contributed by atoms with van der Waals surface area (Å²) in [5.41, 5.74) is 0.899. The number of anilines is 1. The molecule has 0 unspecified atom stereocenters. The molecule has 1 saturated carbocycles. The lowest BCUT2D eigenvalue weighted by Gasteiger charge is -2.33. The third kappa shape index (κ3) is 2.86. The standard InChI is InChI=1S/C14H18BrNO2/c1-18-14(17)16(11-7-3-2-4-8-11)13-10-6-5-9-12(13)15/h5-6,9-11H,2-4,7-8H2,1H3. The van der Waals surface area contributed by atoms with Gasteiger partial charge in [-0.15, -0.1) is 0 Å². The Morgan fingerprint density at radius 1 is 1.28 bits per heavy atom. The molecule has 0 aliphatic heterocycles. The molecule has 1 amide bonds. The zero-order valence-corrected chi connectivity index (χ0v) is 12.1. The summed E-state index contributed by atoms with van der Waals surface area (Å²) >= 11 is 3.51. The first-order chi connectivity index (χ1) is 8.74. The molecule has 0 bridgehead atoms. The van der Waals surface area contributed by atoms with Gasteiger partial charge in [0.1, 0.15) is 0 Å². The number of amides is 1. The number of hydrogen-bond donors (Lipinski definition) is 0. The van der Waals surface area contributed by atoms with E-state index in [4.69, 9.17) is 4.74 Å². The van der Waals surface area contributed by atoms with E-state index in [9.17, 15) is 4.79 Å². The minimum Gasteiger partial charge on any atom is -0.452 e. The van der Waals surface area contributed by atoms with E-state index in [0.29, 0.717) is 0 Å². The molecule has 98 valence electrons.